The van der Waals surface area contributed by atoms with Gasteiger partial charge in [-0.15, -0.1) is 0 Å². The monoisotopic (exact) mass is 152 g/mol. The van der Waals surface area contributed by atoms with Crippen LogP contribution in [0.15, 0.2) is 18.6 Å². The molecule has 0 aromatic carbocycles. The smallest absolute Gasteiger partial charge is 0.312 e. The van der Waals surface area contributed by atoms with Gasteiger partial charge in [0.15, 0.2) is 0 Å². The van der Waals surface area contributed by atoms with Gasteiger partial charge in [-0.2, -0.15) is 0 Å². The van der Waals surface area contributed by atoms with Crippen molar-refractivity contribution in [2.24, 2.45) is 0 Å². The van der Waals surface area contributed by atoms with Gasteiger partial charge in [0.25, 0.3) is 0 Å². The molecule has 0 saturated carbocycles. The summed E-state index contributed by atoms with van der Waals surface area (Å²) in [7, 11) is 0. The van der Waals surface area contributed by atoms with Crippen molar-refractivity contribution in [2.45, 2.75) is 13.3 Å². The van der Waals surface area contributed by atoms with Crippen LogP contribution in [0.2, 0.25) is 0 Å². The first-order valence-corrected chi connectivity index (χ1v) is 3.29. The van der Waals surface area contributed by atoms with Crippen LogP contribution in [-0.4, -0.2) is 15.9 Å². The summed E-state index contributed by atoms with van der Waals surface area (Å²) >= 11 is 0. The molecule has 1 heterocycles. The lowest BCUT2D eigenvalue weighted by atomic mass is 10.5. The summed E-state index contributed by atoms with van der Waals surface area (Å²) in [6.07, 6.45) is 3.20. The van der Waals surface area contributed by atoms with Crippen molar-refractivity contribution < 1.29 is 9.53 Å². The Morgan fingerprint density at radius 2 is 2.55 bits per heavy atom. The van der Waals surface area contributed by atoms with Crippen LogP contribution in [0.4, 0.5) is 0 Å². The first kappa shape index (κ1) is 7.65. The van der Waals surface area contributed by atoms with Crippen LogP contribution in [0, 0.1) is 0 Å². The summed E-state index contributed by atoms with van der Waals surface area (Å²) in [5.74, 6) is 0.00977. The van der Waals surface area contributed by atoms with E-state index in [0.717, 1.165) is 0 Å². The highest BCUT2D eigenvalue weighted by Crippen LogP contribution is 2.02. The number of ether oxygens (including phenoxy) is 1. The Bertz CT molecular complexity index is 235. The van der Waals surface area contributed by atoms with Crippen molar-refractivity contribution in [3.05, 3.63) is 18.6 Å². The van der Waals surface area contributed by atoms with Crippen molar-refractivity contribution in [1.82, 2.24) is 9.97 Å². The third kappa shape index (κ3) is 2.33. The molecule has 4 nitrogen and oxygen atoms in total. The van der Waals surface area contributed by atoms with Crippen LogP contribution in [0.5, 0.6) is 5.88 Å². The fraction of sp³-hybridized carbons (Fsp3) is 0.286. The van der Waals surface area contributed by atoms with Gasteiger partial charge in [-0.3, -0.25) is 4.79 Å². The molecule has 0 N–H and O–H groups in total. The van der Waals surface area contributed by atoms with Gasteiger partial charge in [-0.05, 0) is 0 Å². The number of hydrogen-bond donors (Lipinski definition) is 0. The van der Waals surface area contributed by atoms with Gasteiger partial charge in [0.05, 0.1) is 0 Å². The molecule has 0 atom stereocenters. The average molecular weight is 152 g/mol. The first-order valence-electron chi connectivity index (χ1n) is 3.29. The van der Waals surface area contributed by atoms with E-state index in [1.807, 2.05) is 0 Å². The molecule has 1 aromatic rings. The lowest BCUT2D eigenvalue weighted by Crippen LogP contribution is -2.06. The Labute approximate surface area is 64.2 Å². The van der Waals surface area contributed by atoms with Gasteiger partial charge in [0.2, 0.25) is 5.88 Å². The van der Waals surface area contributed by atoms with E-state index < -0.39 is 0 Å². The molecule has 11 heavy (non-hydrogen) atoms. The molecule has 0 fully saturated rings. The molecule has 0 amide bonds. The van der Waals surface area contributed by atoms with Crippen molar-refractivity contribution in [1.29, 1.82) is 0 Å². The van der Waals surface area contributed by atoms with E-state index >= 15 is 0 Å². The van der Waals surface area contributed by atoms with E-state index in [-0.39, 0.29) is 5.97 Å². The van der Waals surface area contributed by atoms with Crippen LogP contribution < -0.4 is 4.74 Å². The van der Waals surface area contributed by atoms with Gasteiger partial charge in [-0.25, -0.2) is 9.97 Å². The van der Waals surface area contributed by atoms with E-state index in [1.165, 1.54) is 18.6 Å². The first-order chi connectivity index (χ1) is 5.33. The quantitative estimate of drug-likeness (QED) is 0.588. The fourth-order valence-electron chi connectivity index (χ4n) is 0.528. The van der Waals surface area contributed by atoms with Gasteiger partial charge in [0, 0.05) is 18.7 Å². The minimum absolute atomic E-state index is 0.288. The van der Waals surface area contributed by atoms with E-state index in [1.54, 1.807) is 6.92 Å². The minimum Gasteiger partial charge on any atom is -0.407 e. The van der Waals surface area contributed by atoms with E-state index in [4.69, 9.17) is 4.74 Å². The van der Waals surface area contributed by atoms with E-state index in [2.05, 4.69) is 9.97 Å². The molecule has 0 spiro atoms. The average Bonchev–Trinajstić information content (AvgIpc) is 2.06. The van der Waals surface area contributed by atoms with Crippen LogP contribution in [-0.2, 0) is 4.79 Å². The van der Waals surface area contributed by atoms with Crippen molar-refractivity contribution in [2.75, 3.05) is 0 Å². The largest absolute Gasteiger partial charge is 0.407 e. The van der Waals surface area contributed by atoms with Gasteiger partial charge in [0.1, 0.15) is 6.33 Å². The molecule has 0 aliphatic rings. The fourth-order valence-corrected chi connectivity index (χ4v) is 0.528. The number of aromatic nitrogens is 2. The second kappa shape index (κ2) is 3.65. The zero-order chi connectivity index (χ0) is 8.10. The molecule has 0 radical (unpaired) electrons. The maximum Gasteiger partial charge on any atom is 0.312 e. The lowest BCUT2D eigenvalue weighted by molar-refractivity contribution is -0.134. The third-order valence-electron chi connectivity index (χ3n) is 1.06. The molecule has 0 unspecified atom stereocenters. The van der Waals surface area contributed by atoms with Crippen molar-refractivity contribution >= 4 is 5.97 Å². The summed E-state index contributed by atoms with van der Waals surface area (Å²) in [6.45, 7) is 1.73. The number of carbonyl (C=O) groups excluding carboxylic acids is 1. The Balaban J connectivity index is 2.58. The summed E-state index contributed by atoms with van der Waals surface area (Å²) in [5, 5.41) is 0. The Morgan fingerprint density at radius 3 is 3.09 bits per heavy atom. The number of hydrogen-bond acceptors (Lipinski definition) is 4. The normalized spacial score (nSPS) is 9.18. The molecule has 58 valence electrons. The van der Waals surface area contributed by atoms with Crippen LogP contribution in [0.1, 0.15) is 13.3 Å². The van der Waals surface area contributed by atoms with Crippen LogP contribution >= 0.6 is 0 Å². The number of nitrogens with zero attached hydrogens (tertiary/aromatic N) is 2. The molecule has 0 saturated heterocycles. The molecular formula is C7H8N2O2. The SMILES string of the molecule is CCC(=O)Oc1ccncn1. The molecule has 0 bridgehead atoms. The summed E-state index contributed by atoms with van der Waals surface area (Å²) in [5.41, 5.74) is 0. The topological polar surface area (TPSA) is 52.1 Å². The van der Waals surface area contributed by atoms with Crippen molar-refractivity contribution in [3.63, 3.8) is 0 Å². The molecular weight excluding hydrogens is 144 g/mol. The highest BCUT2D eigenvalue weighted by Gasteiger charge is 1.99. The van der Waals surface area contributed by atoms with Gasteiger partial charge < -0.3 is 4.74 Å². The maximum absolute atomic E-state index is 10.7. The van der Waals surface area contributed by atoms with E-state index in [9.17, 15) is 4.79 Å². The third-order valence-corrected chi connectivity index (χ3v) is 1.06. The number of carbonyl (C=O) groups is 1. The summed E-state index contributed by atoms with van der Waals surface area (Å²) < 4.78 is 4.77. The molecule has 0 aliphatic heterocycles. The van der Waals surface area contributed by atoms with Gasteiger partial charge >= 0.3 is 5.97 Å². The number of esters is 1. The minimum atomic E-state index is -0.288. The molecule has 1 aromatic heterocycles. The Morgan fingerprint density at radius 1 is 1.73 bits per heavy atom. The predicted octanol–water partition coefficient (Wildman–Crippen LogP) is 0.792. The second-order valence-electron chi connectivity index (χ2n) is 1.88. The molecule has 0 aliphatic carbocycles. The predicted molar refractivity (Wildman–Crippen MR) is 38.0 cm³/mol. The maximum atomic E-state index is 10.7. The van der Waals surface area contributed by atoms with Crippen molar-refractivity contribution in [3.8, 4) is 5.88 Å². The second-order valence-corrected chi connectivity index (χ2v) is 1.88. The Kier molecular flexibility index (Phi) is 2.54. The lowest BCUT2D eigenvalue weighted by Gasteiger charge is -1.98. The number of rotatable bonds is 2. The van der Waals surface area contributed by atoms with E-state index in [0.29, 0.717) is 12.3 Å². The van der Waals surface area contributed by atoms with Crippen LogP contribution in [0.3, 0.4) is 0 Å². The Hall–Kier alpha value is -1.45. The standard InChI is InChI=1S/C7H8N2O2/c1-2-7(10)11-6-3-4-8-5-9-6/h3-5H,2H2,1H3. The summed E-state index contributed by atoms with van der Waals surface area (Å²) in [6, 6.07) is 1.54. The highest BCUT2D eigenvalue weighted by molar-refractivity contribution is 5.71. The van der Waals surface area contributed by atoms with Gasteiger partial charge in [-0.1, -0.05) is 6.92 Å². The summed E-state index contributed by atoms with van der Waals surface area (Å²) in [4.78, 5) is 18.1. The molecule has 4 heteroatoms. The molecule has 1 rings (SSSR count). The zero-order valence-corrected chi connectivity index (χ0v) is 6.15. The zero-order valence-electron chi connectivity index (χ0n) is 6.15. The highest BCUT2D eigenvalue weighted by atomic mass is 16.5. The van der Waals surface area contributed by atoms with Crippen LogP contribution in [0.25, 0.3) is 0 Å².